The summed E-state index contributed by atoms with van der Waals surface area (Å²) in [4.78, 5) is 32.2. The van der Waals surface area contributed by atoms with Crippen LogP contribution in [0.25, 0.3) is 6.08 Å². The molecule has 0 unspecified atom stereocenters. The Labute approximate surface area is 216 Å². The summed E-state index contributed by atoms with van der Waals surface area (Å²) in [5, 5.41) is 0. The van der Waals surface area contributed by atoms with Crippen LogP contribution < -0.4 is 19.6 Å². The number of esters is 1. The highest BCUT2D eigenvalue weighted by atomic mass is 79.9. The molecule has 0 saturated heterocycles. The van der Waals surface area contributed by atoms with Gasteiger partial charge in [0.15, 0.2) is 9.47 Å². The molecule has 10 heteroatoms. The Balaban J connectivity index is 2.05. The number of benzene rings is 1. The SMILES string of the molecule is CCCC1=C(C(=O)OCC)[C@@H](c2cc(Br)ccc2OC)n2c(s/c(=C/c3ccc(Br)o3)c2=O)=N1. The van der Waals surface area contributed by atoms with Gasteiger partial charge < -0.3 is 13.9 Å². The molecule has 0 saturated carbocycles. The van der Waals surface area contributed by atoms with Crippen LogP contribution in [0.4, 0.5) is 0 Å². The smallest absolute Gasteiger partial charge is 0.338 e. The Bertz CT molecular complexity index is 1450. The fourth-order valence-electron chi connectivity index (χ4n) is 3.87. The van der Waals surface area contributed by atoms with Crippen LogP contribution in [0.3, 0.4) is 0 Å². The van der Waals surface area contributed by atoms with Crippen LogP contribution in [-0.2, 0) is 9.53 Å². The Morgan fingerprint density at radius 1 is 1.26 bits per heavy atom. The minimum atomic E-state index is -0.755. The minimum absolute atomic E-state index is 0.210. The highest BCUT2D eigenvalue weighted by molar-refractivity contribution is 9.10. The summed E-state index contributed by atoms with van der Waals surface area (Å²) in [5.74, 6) is 0.593. The van der Waals surface area contributed by atoms with Crippen molar-refractivity contribution in [3.8, 4) is 5.75 Å². The van der Waals surface area contributed by atoms with Gasteiger partial charge in [0, 0.05) is 16.1 Å². The molecule has 7 nitrogen and oxygen atoms in total. The Hall–Kier alpha value is -2.43. The maximum Gasteiger partial charge on any atom is 0.338 e. The van der Waals surface area contributed by atoms with Crippen molar-refractivity contribution in [1.29, 1.82) is 0 Å². The predicted octanol–water partition coefficient (Wildman–Crippen LogP) is 4.71. The number of halogens is 2. The van der Waals surface area contributed by atoms with Crippen LogP contribution in [0.2, 0.25) is 0 Å². The van der Waals surface area contributed by atoms with E-state index >= 15 is 0 Å². The van der Waals surface area contributed by atoms with E-state index in [0.717, 1.165) is 10.9 Å². The lowest BCUT2D eigenvalue weighted by Gasteiger charge is -2.27. The number of hydrogen-bond acceptors (Lipinski definition) is 7. The number of fused-ring (bicyclic) bond motifs is 1. The van der Waals surface area contributed by atoms with Gasteiger partial charge in [0.05, 0.1) is 29.5 Å². The Morgan fingerprint density at radius 2 is 2.06 bits per heavy atom. The highest BCUT2D eigenvalue weighted by Gasteiger charge is 2.36. The lowest BCUT2D eigenvalue weighted by Crippen LogP contribution is -2.40. The molecule has 3 aromatic rings. The summed E-state index contributed by atoms with van der Waals surface area (Å²) in [6, 6.07) is 8.28. The maximum absolute atomic E-state index is 13.7. The first-order valence-electron chi connectivity index (χ1n) is 10.7. The summed E-state index contributed by atoms with van der Waals surface area (Å²) in [6.07, 6.45) is 3.02. The van der Waals surface area contributed by atoms with Gasteiger partial charge in [-0.05, 0) is 59.6 Å². The van der Waals surface area contributed by atoms with Crippen LogP contribution in [0.5, 0.6) is 5.75 Å². The van der Waals surface area contributed by atoms with Crippen LogP contribution in [0, 0.1) is 0 Å². The van der Waals surface area contributed by atoms with Gasteiger partial charge in [0.2, 0.25) is 0 Å². The fraction of sp³-hybridized carbons (Fsp3) is 0.292. The van der Waals surface area contributed by atoms with Gasteiger partial charge >= 0.3 is 5.97 Å². The summed E-state index contributed by atoms with van der Waals surface area (Å²) < 4.78 is 20.0. The monoisotopic (exact) mass is 608 g/mol. The molecule has 0 bridgehead atoms. The molecule has 2 aromatic heterocycles. The summed E-state index contributed by atoms with van der Waals surface area (Å²) in [7, 11) is 1.56. The second kappa shape index (κ2) is 10.5. The van der Waals surface area contributed by atoms with E-state index in [9.17, 15) is 9.59 Å². The number of hydrogen-bond donors (Lipinski definition) is 0. The van der Waals surface area contributed by atoms with Crippen molar-refractivity contribution in [2.75, 3.05) is 13.7 Å². The minimum Gasteiger partial charge on any atom is -0.496 e. The van der Waals surface area contributed by atoms with E-state index < -0.39 is 12.0 Å². The molecule has 0 amide bonds. The van der Waals surface area contributed by atoms with E-state index in [4.69, 9.17) is 18.9 Å². The van der Waals surface area contributed by atoms with Gasteiger partial charge in [-0.3, -0.25) is 9.36 Å². The van der Waals surface area contributed by atoms with Gasteiger partial charge in [-0.1, -0.05) is 40.6 Å². The molecule has 34 heavy (non-hydrogen) atoms. The molecular weight excluding hydrogens is 588 g/mol. The average molecular weight is 610 g/mol. The van der Waals surface area contributed by atoms with Crippen molar-refractivity contribution in [2.45, 2.75) is 32.7 Å². The third-order valence-corrected chi connectivity index (χ3v) is 7.15. The van der Waals surface area contributed by atoms with Crippen molar-refractivity contribution in [2.24, 2.45) is 4.99 Å². The van der Waals surface area contributed by atoms with Crippen LogP contribution in [0.15, 0.2) is 64.9 Å². The van der Waals surface area contributed by atoms with Crippen molar-refractivity contribution < 1.29 is 18.7 Å². The lowest BCUT2D eigenvalue weighted by molar-refractivity contribution is -0.139. The van der Waals surface area contributed by atoms with E-state index in [-0.39, 0.29) is 12.2 Å². The van der Waals surface area contributed by atoms with Crippen molar-refractivity contribution in [3.05, 3.63) is 81.8 Å². The first-order chi connectivity index (χ1) is 16.4. The van der Waals surface area contributed by atoms with E-state index in [0.29, 0.717) is 48.8 Å². The number of aromatic nitrogens is 1. The topological polar surface area (TPSA) is 83.0 Å². The Morgan fingerprint density at radius 3 is 2.71 bits per heavy atom. The molecule has 4 rings (SSSR count). The molecule has 0 spiro atoms. The van der Waals surface area contributed by atoms with Gasteiger partial charge in [0.25, 0.3) is 5.56 Å². The molecule has 1 aliphatic heterocycles. The van der Waals surface area contributed by atoms with Gasteiger partial charge in [-0.15, -0.1) is 0 Å². The molecule has 0 fully saturated rings. The number of allylic oxidation sites excluding steroid dienone is 1. The fourth-order valence-corrected chi connectivity index (χ4v) is 5.57. The van der Waals surface area contributed by atoms with E-state index in [1.165, 1.54) is 11.3 Å². The van der Waals surface area contributed by atoms with Crippen molar-refractivity contribution in [3.63, 3.8) is 0 Å². The quantitative estimate of drug-likeness (QED) is 0.363. The van der Waals surface area contributed by atoms with Gasteiger partial charge in [-0.2, -0.15) is 0 Å². The number of methoxy groups -OCH3 is 1. The van der Waals surface area contributed by atoms with Gasteiger partial charge in [0.1, 0.15) is 17.6 Å². The third-order valence-electron chi connectivity index (χ3n) is 5.25. The summed E-state index contributed by atoms with van der Waals surface area (Å²) in [5.41, 5.74) is 1.35. The molecule has 0 N–H and O–H groups in total. The van der Waals surface area contributed by atoms with E-state index in [1.807, 2.05) is 19.1 Å². The van der Waals surface area contributed by atoms with Crippen molar-refractivity contribution >= 4 is 55.2 Å². The molecule has 1 aromatic carbocycles. The number of rotatable bonds is 7. The maximum atomic E-state index is 13.7. The third kappa shape index (κ3) is 4.71. The number of thiazole rings is 1. The first kappa shape index (κ1) is 24.7. The van der Waals surface area contributed by atoms with Crippen LogP contribution >= 0.6 is 43.2 Å². The number of carbonyl (C=O) groups excluding carboxylic acids is 1. The van der Waals surface area contributed by atoms with E-state index in [2.05, 4.69) is 31.9 Å². The molecule has 0 aliphatic carbocycles. The van der Waals surface area contributed by atoms with E-state index in [1.54, 1.807) is 42.9 Å². The average Bonchev–Trinajstić information content (AvgIpc) is 3.35. The highest BCUT2D eigenvalue weighted by Crippen LogP contribution is 2.38. The molecule has 1 atom stereocenters. The molecule has 178 valence electrons. The van der Waals surface area contributed by atoms with Crippen molar-refractivity contribution in [1.82, 2.24) is 4.57 Å². The standard InChI is InChI=1S/C24H22Br2N2O5S/c1-4-6-16-20(23(30)32-5-2)21(15-11-13(25)7-9-17(15)31-3)28-22(29)18(34-24(28)27-16)12-14-8-10-19(26)33-14/h7-12,21H,4-6H2,1-3H3/b18-12+/t21-/m1/s1. The zero-order valence-electron chi connectivity index (χ0n) is 18.8. The lowest BCUT2D eigenvalue weighted by atomic mass is 9.93. The summed E-state index contributed by atoms with van der Waals surface area (Å²) >= 11 is 8.06. The zero-order valence-corrected chi connectivity index (χ0v) is 22.8. The van der Waals surface area contributed by atoms with Gasteiger partial charge in [-0.25, -0.2) is 9.79 Å². The molecule has 0 radical (unpaired) electrons. The second-order valence-corrected chi connectivity index (χ2v) is 10.1. The summed E-state index contributed by atoms with van der Waals surface area (Å²) in [6.45, 7) is 3.98. The largest absolute Gasteiger partial charge is 0.496 e. The Kier molecular flexibility index (Phi) is 7.59. The zero-order chi connectivity index (χ0) is 24.4. The molecular formula is C24H22Br2N2O5S. The molecule has 3 heterocycles. The van der Waals surface area contributed by atoms with Crippen LogP contribution in [-0.4, -0.2) is 24.3 Å². The number of nitrogens with zero attached hydrogens (tertiary/aromatic N) is 2. The molecule has 1 aliphatic rings. The normalized spacial score (nSPS) is 15.8. The first-order valence-corrected chi connectivity index (χ1v) is 13.1. The van der Waals surface area contributed by atoms with Crippen LogP contribution in [0.1, 0.15) is 44.1 Å². The second-order valence-electron chi connectivity index (χ2n) is 7.44. The predicted molar refractivity (Wildman–Crippen MR) is 137 cm³/mol. The number of ether oxygens (including phenoxy) is 2. The number of carbonyl (C=O) groups is 1. The number of furan rings is 1.